The van der Waals surface area contributed by atoms with Gasteiger partial charge in [-0.1, -0.05) is 12.1 Å². The van der Waals surface area contributed by atoms with E-state index in [0.29, 0.717) is 21.6 Å². The van der Waals surface area contributed by atoms with Gasteiger partial charge < -0.3 is 14.9 Å². The molecule has 1 aliphatic heterocycles. The zero-order chi connectivity index (χ0) is 19.6. The van der Waals surface area contributed by atoms with Crippen LogP contribution in [0, 0.1) is 21.9 Å². The number of aromatic nitrogens is 2. The number of piperidine rings is 1. The Morgan fingerprint density at radius 1 is 1.22 bits per heavy atom. The fraction of sp³-hybridized carbons (Fsp3) is 0.421. The van der Waals surface area contributed by atoms with Crippen LogP contribution in [0.5, 0.6) is 0 Å². The van der Waals surface area contributed by atoms with E-state index in [1.54, 1.807) is 16.2 Å². The summed E-state index contributed by atoms with van der Waals surface area (Å²) in [6, 6.07) is 8.91. The van der Waals surface area contributed by atoms with Crippen molar-refractivity contribution in [2.75, 3.05) is 18.8 Å². The number of nitriles is 1. The Morgan fingerprint density at radius 2 is 1.85 bits per heavy atom. The van der Waals surface area contributed by atoms with Crippen molar-refractivity contribution in [1.82, 2.24) is 14.0 Å². The Hall–Kier alpha value is -2.50. The minimum absolute atomic E-state index is 0.120. The maximum Gasteiger partial charge on any atom is 0.182 e. The zero-order valence-corrected chi connectivity index (χ0v) is 16.3. The van der Waals surface area contributed by atoms with Gasteiger partial charge >= 0.3 is 0 Å². The number of nitrogens with zero attached hydrogens (tertiary/aromatic N) is 5. The van der Waals surface area contributed by atoms with Crippen LogP contribution in [-0.2, 0) is 20.6 Å². The number of likely N-dealkylation sites (tertiary alicyclic amines) is 1. The molecule has 2 heterocycles. The van der Waals surface area contributed by atoms with Crippen LogP contribution in [0.25, 0.3) is 0 Å². The molecule has 1 saturated heterocycles. The Balaban J connectivity index is 1.76. The fourth-order valence-electron chi connectivity index (χ4n) is 3.35. The minimum atomic E-state index is -0.214. The molecule has 0 saturated carbocycles. The van der Waals surface area contributed by atoms with Gasteiger partial charge in [-0.3, -0.25) is 9.89 Å². The number of benzene rings is 1. The summed E-state index contributed by atoms with van der Waals surface area (Å²) in [6.45, 7) is 2.59. The molecule has 2 N–H and O–H groups in total. The van der Waals surface area contributed by atoms with Crippen molar-refractivity contribution in [2.45, 2.75) is 25.4 Å². The van der Waals surface area contributed by atoms with Crippen molar-refractivity contribution in [2.24, 2.45) is 19.1 Å². The van der Waals surface area contributed by atoms with Crippen LogP contribution in [0.4, 0.5) is 10.2 Å². The number of rotatable bonds is 3. The van der Waals surface area contributed by atoms with Crippen LogP contribution < -0.4 is 11.2 Å². The molecule has 1 aromatic heterocycles. The number of nitrogen functional groups attached to an aromatic ring is 1. The predicted molar refractivity (Wildman–Crippen MR) is 105 cm³/mol. The molecule has 8 heteroatoms. The zero-order valence-electron chi connectivity index (χ0n) is 15.5. The Bertz CT molecular complexity index is 991. The van der Waals surface area contributed by atoms with Gasteiger partial charge in [0.1, 0.15) is 23.3 Å². The summed E-state index contributed by atoms with van der Waals surface area (Å²) in [5, 5.41) is 9.51. The average molecular weight is 387 g/mol. The van der Waals surface area contributed by atoms with E-state index in [2.05, 4.69) is 11.0 Å². The van der Waals surface area contributed by atoms with E-state index >= 15 is 0 Å². The fourth-order valence-corrected chi connectivity index (χ4v) is 3.54. The van der Waals surface area contributed by atoms with E-state index in [9.17, 15) is 9.65 Å². The van der Waals surface area contributed by atoms with Gasteiger partial charge in [0.2, 0.25) is 0 Å². The normalized spacial score (nSPS) is 16.4. The molecule has 0 radical (unpaired) electrons. The van der Waals surface area contributed by atoms with Gasteiger partial charge in [-0.2, -0.15) is 5.26 Å². The summed E-state index contributed by atoms with van der Waals surface area (Å²) < 4.78 is 16.9. The second kappa shape index (κ2) is 8.03. The molecular weight excluding hydrogens is 363 g/mol. The molecule has 1 aromatic carbocycles. The van der Waals surface area contributed by atoms with Crippen LogP contribution in [0.2, 0.25) is 0 Å². The summed E-state index contributed by atoms with van der Waals surface area (Å²) in [4.78, 5) is 7.14. The Morgan fingerprint density at radius 3 is 2.44 bits per heavy atom. The number of anilines is 1. The van der Waals surface area contributed by atoms with E-state index in [-0.39, 0.29) is 11.9 Å². The Labute approximate surface area is 163 Å². The molecule has 142 valence electrons. The predicted octanol–water partition coefficient (Wildman–Crippen LogP) is 2.25. The van der Waals surface area contributed by atoms with Gasteiger partial charge in [-0.05, 0) is 42.8 Å². The largest absolute Gasteiger partial charge is 0.384 e. The van der Waals surface area contributed by atoms with Crippen molar-refractivity contribution in [3.63, 3.8) is 0 Å². The van der Waals surface area contributed by atoms with E-state index < -0.39 is 0 Å². The average Bonchev–Trinajstić information content (AvgIpc) is 2.68. The summed E-state index contributed by atoms with van der Waals surface area (Å²) in [5.74, 6) is 0.127. The highest BCUT2D eigenvalue weighted by molar-refractivity contribution is 7.71. The maximum atomic E-state index is 13.0. The lowest BCUT2D eigenvalue weighted by atomic mass is 10.0. The van der Waals surface area contributed by atoms with E-state index in [4.69, 9.17) is 22.9 Å². The van der Waals surface area contributed by atoms with Crippen molar-refractivity contribution in [3.8, 4) is 6.07 Å². The maximum absolute atomic E-state index is 13.0. The molecule has 0 unspecified atom stereocenters. The highest BCUT2D eigenvalue weighted by atomic mass is 32.1. The van der Waals surface area contributed by atoms with Crippen LogP contribution in [0.1, 0.15) is 24.0 Å². The van der Waals surface area contributed by atoms with Gasteiger partial charge in [0.25, 0.3) is 0 Å². The van der Waals surface area contributed by atoms with Crippen molar-refractivity contribution in [3.05, 3.63) is 51.5 Å². The van der Waals surface area contributed by atoms with Crippen LogP contribution >= 0.6 is 12.2 Å². The Kier molecular flexibility index (Phi) is 5.73. The number of hydrogen-bond acceptors (Lipinski definition) is 5. The molecule has 0 aliphatic carbocycles. The van der Waals surface area contributed by atoms with Gasteiger partial charge in [0.05, 0.1) is 6.04 Å². The molecule has 6 nitrogen and oxygen atoms in total. The van der Waals surface area contributed by atoms with Crippen molar-refractivity contribution in [1.29, 1.82) is 5.26 Å². The quantitative estimate of drug-likeness (QED) is 0.821. The summed E-state index contributed by atoms with van der Waals surface area (Å²) >= 11 is 5.39. The third-order valence-electron chi connectivity index (χ3n) is 5.03. The van der Waals surface area contributed by atoms with Gasteiger partial charge in [0.15, 0.2) is 10.3 Å². The van der Waals surface area contributed by atoms with Crippen molar-refractivity contribution < 1.29 is 4.39 Å². The number of halogens is 1. The van der Waals surface area contributed by atoms with E-state index in [1.807, 2.05) is 19.2 Å². The van der Waals surface area contributed by atoms with Gasteiger partial charge in [-0.25, -0.2) is 4.39 Å². The second-order valence-corrected chi connectivity index (χ2v) is 7.22. The van der Waals surface area contributed by atoms with Gasteiger partial charge in [0, 0.05) is 33.7 Å². The first kappa shape index (κ1) is 19.3. The first-order valence-electron chi connectivity index (χ1n) is 8.87. The second-order valence-electron chi connectivity index (χ2n) is 6.86. The summed E-state index contributed by atoms with van der Waals surface area (Å²) in [6.07, 6.45) is 1.78. The molecule has 27 heavy (non-hydrogen) atoms. The summed E-state index contributed by atoms with van der Waals surface area (Å²) in [7, 11) is 3.56. The van der Waals surface area contributed by atoms with E-state index in [1.165, 1.54) is 12.1 Å². The van der Waals surface area contributed by atoms with Gasteiger partial charge in [-0.15, -0.1) is 0 Å². The number of nitrogens with two attached hydrogens (primary N) is 1. The third kappa shape index (κ3) is 4.10. The molecule has 0 amide bonds. The molecule has 0 spiro atoms. The first-order chi connectivity index (χ1) is 12.9. The lowest BCUT2D eigenvalue weighted by Crippen LogP contribution is -2.37. The molecule has 1 aliphatic rings. The van der Waals surface area contributed by atoms with Crippen LogP contribution in [0.15, 0.2) is 29.3 Å². The smallest absolute Gasteiger partial charge is 0.182 e. The lowest BCUT2D eigenvalue weighted by Gasteiger charge is -2.30. The topological polar surface area (TPSA) is 75.3 Å². The molecule has 0 atom stereocenters. The highest BCUT2D eigenvalue weighted by Gasteiger charge is 2.20. The third-order valence-corrected chi connectivity index (χ3v) is 5.57. The van der Waals surface area contributed by atoms with E-state index in [0.717, 1.165) is 38.0 Å². The molecule has 3 rings (SSSR count). The highest BCUT2D eigenvalue weighted by Crippen LogP contribution is 2.17. The SMILES string of the molecule is Cn1c(N)c(C#N)c(=NC2CCN(Cc3ccc(F)cc3)CC2)n(C)c1=S. The summed E-state index contributed by atoms with van der Waals surface area (Å²) in [5.41, 5.74) is 8.07. The monoisotopic (exact) mass is 386 g/mol. The molecule has 2 aromatic rings. The minimum Gasteiger partial charge on any atom is -0.384 e. The lowest BCUT2D eigenvalue weighted by molar-refractivity contribution is 0.204. The van der Waals surface area contributed by atoms with Crippen LogP contribution in [-0.4, -0.2) is 33.2 Å². The van der Waals surface area contributed by atoms with Crippen molar-refractivity contribution >= 4 is 18.0 Å². The molecule has 1 fully saturated rings. The first-order valence-corrected chi connectivity index (χ1v) is 9.27. The standard InChI is InChI=1S/C19H23FN6S/c1-24-17(22)16(11-21)18(25(2)19(24)27)23-15-7-9-26(10-8-15)12-13-3-5-14(20)6-4-13/h3-6,15H,7-10,12,22H2,1-2H3. The number of hydrogen-bond donors (Lipinski definition) is 1. The molecule has 0 bridgehead atoms. The van der Waals surface area contributed by atoms with Crippen LogP contribution in [0.3, 0.4) is 0 Å². The molecular formula is C19H23FN6S.